The smallest absolute Gasteiger partial charge is 0.327 e. The number of aryl methyl sites for hydroxylation is 1. The Hall–Kier alpha value is -3.35. The first-order valence-corrected chi connectivity index (χ1v) is 9.64. The summed E-state index contributed by atoms with van der Waals surface area (Å²) in [5.74, 6) is 1.83. The van der Waals surface area contributed by atoms with Gasteiger partial charge in [0.2, 0.25) is 5.89 Å². The molecule has 0 saturated carbocycles. The van der Waals surface area contributed by atoms with Crippen molar-refractivity contribution < 1.29 is 14.1 Å². The lowest BCUT2D eigenvalue weighted by atomic mass is 10.1. The number of rotatable bonds is 4. The van der Waals surface area contributed by atoms with Crippen LogP contribution in [0.25, 0.3) is 0 Å². The molecule has 0 radical (unpaired) electrons. The molecule has 1 aliphatic heterocycles. The topological polar surface area (TPSA) is 80.5 Å². The molecule has 29 heavy (non-hydrogen) atoms. The Morgan fingerprint density at radius 1 is 1.28 bits per heavy atom. The van der Waals surface area contributed by atoms with Gasteiger partial charge in [0.25, 0.3) is 0 Å². The molecule has 0 fully saturated rings. The molecule has 2 aromatic carbocycles. The van der Waals surface area contributed by atoms with Crippen LogP contribution in [0.2, 0.25) is 0 Å². The maximum Gasteiger partial charge on any atom is 0.327 e. The third-order valence-electron chi connectivity index (χ3n) is 5.05. The Kier molecular flexibility index (Phi) is 4.96. The van der Waals surface area contributed by atoms with Crippen LogP contribution in [-0.4, -0.2) is 23.3 Å². The van der Waals surface area contributed by atoms with E-state index >= 15 is 0 Å². The molecule has 1 aliphatic rings. The largest absolute Gasteiger partial charge is 0.495 e. The number of ether oxygens (including phenoxy) is 1. The molecule has 0 bridgehead atoms. The number of hydrogen-bond donors (Lipinski definition) is 1. The first kappa shape index (κ1) is 19.0. The highest BCUT2D eigenvalue weighted by Gasteiger charge is 2.38. The fourth-order valence-corrected chi connectivity index (χ4v) is 3.55. The molecule has 1 N–H and O–H groups in total. The monoisotopic (exact) mass is 392 g/mol. The number of fused-ring (bicyclic) bond motifs is 1. The van der Waals surface area contributed by atoms with Crippen LogP contribution in [-0.2, 0) is 6.42 Å². The molecular weight excluding hydrogens is 368 g/mol. The van der Waals surface area contributed by atoms with Gasteiger partial charge in [0, 0.05) is 18.0 Å². The number of urea groups is 1. The predicted octanol–water partition coefficient (Wildman–Crippen LogP) is 4.85. The van der Waals surface area contributed by atoms with Crippen LogP contribution in [0.1, 0.15) is 48.6 Å². The van der Waals surface area contributed by atoms with E-state index in [0.717, 1.165) is 16.8 Å². The highest BCUT2D eigenvalue weighted by molar-refractivity contribution is 6.04. The van der Waals surface area contributed by atoms with Gasteiger partial charge >= 0.3 is 6.03 Å². The summed E-state index contributed by atoms with van der Waals surface area (Å²) >= 11 is 0. The molecule has 2 heterocycles. The number of aromatic nitrogens is 2. The van der Waals surface area contributed by atoms with Gasteiger partial charge in [-0.15, -0.1) is 0 Å². The van der Waals surface area contributed by atoms with Crippen LogP contribution in [0.15, 0.2) is 47.0 Å². The van der Waals surface area contributed by atoms with Gasteiger partial charge in [-0.05, 0) is 36.2 Å². The molecule has 0 spiro atoms. The first-order valence-electron chi connectivity index (χ1n) is 9.64. The highest BCUT2D eigenvalue weighted by atomic mass is 16.5. The lowest BCUT2D eigenvalue weighted by Crippen LogP contribution is -2.36. The Bertz CT molecular complexity index is 1040. The maximum absolute atomic E-state index is 13.4. The van der Waals surface area contributed by atoms with Crippen LogP contribution in [0.4, 0.5) is 16.2 Å². The van der Waals surface area contributed by atoms with Gasteiger partial charge in [0.1, 0.15) is 11.8 Å². The zero-order valence-corrected chi connectivity index (χ0v) is 17.0. The van der Waals surface area contributed by atoms with Crippen molar-refractivity contribution in [2.24, 2.45) is 0 Å². The minimum atomic E-state index is -0.358. The molecule has 1 unspecified atom stereocenters. The number of nitrogens with zero attached hydrogens (tertiary/aromatic N) is 3. The van der Waals surface area contributed by atoms with Crippen LogP contribution in [0, 0.1) is 6.92 Å². The van der Waals surface area contributed by atoms with E-state index in [-0.39, 0.29) is 18.0 Å². The van der Waals surface area contributed by atoms with Gasteiger partial charge in [0.05, 0.1) is 12.8 Å². The summed E-state index contributed by atoms with van der Waals surface area (Å²) in [4.78, 5) is 19.6. The number of para-hydroxylation sites is 1. The van der Waals surface area contributed by atoms with Crippen molar-refractivity contribution in [3.63, 3.8) is 0 Å². The van der Waals surface area contributed by atoms with E-state index in [1.165, 1.54) is 0 Å². The number of amides is 2. The maximum atomic E-state index is 13.4. The van der Waals surface area contributed by atoms with E-state index < -0.39 is 0 Å². The lowest BCUT2D eigenvalue weighted by Gasteiger charge is -2.24. The Labute approximate surface area is 169 Å². The number of anilines is 2. The molecule has 150 valence electrons. The van der Waals surface area contributed by atoms with E-state index in [0.29, 0.717) is 29.6 Å². The predicted molar refractivity (Wildman–Crippen MR) is 111 cm³/mol. The van der Waals surface area contributed by atoms with Crippen LogP contribution < -0.4 is 15.0 Å². The van der Waals surface area contributed by atoms with Crippen molar-refractivity contribution in [3.8, 4) is 5.75 Å². The molecule has 4 rings (SSSR count). The average molecular weight is 392 g/mol. The number of benzene rings is 2. The molecule has 1 atom stereocenters. The second kappa shape index (κ2) is 7.58. The Morgan fingerprint density at radius 3 is 2.79 bits per heavy atom. The van der Waals surface area contributed by atoms with Crippen molar-refractivity contribution in [1.29, 1.82) is 0 Å². The van der Waals surface area contributed by atoms with E-state index in [4.69, 9.17) is 9.26 Å². The third-order valence-corrected chi connectivity index (χ3v) is 5.05. The summed E-state index contributed by atoms with van der Waals surface area (Å²) < 4.78 is 10.9. The molecule has 3 aromatic rings. The van der Waals surface area contributed by atoms with Crippen LogP contribution >= 0.6 is 0 Å². The SMILES string of the molecule is COc1ccc(C)cc1NC(=O)N1c2ccccc2CC1c1nc(C(C)C)no1. The number of carbonyl (C=O) groups is 1. The van der Waals surface area contributed by atoms with Gasteiger partial charge in [-0.2, -0.15) is 4.98 Å². The zero-order valence-electron chi connectivity index (χ0n) is 17.0. The van der Waals surface area contributed by atoms with Crippen LogP contribution in [0.5, 0.6) is 5.75 Å². The van der Waals surface area contributed by atoms with Crippen molar-refractivity contribution in [3.05, 3.63) is 65.3 Å². The van der Waals surface area contributed by atoms with Crippen molar-refractivity contribution in [1.82, 2.24) is 10.1 Å². The normalized spacial score (nSPS) is 15.5. The van der Waals surface area contributed by atoms with Gasteiger partial charge in [-0.3, -0.25) is 4.90 Å². The minimum absolute atomic E-state index is 0.148. The number of nitrogens with one attached hydrogen (secondary N) is 1. The van der Waals surface area contributed by atoms with Gasteiger partial charge < -0.3 is 14.6 Å². The van der Waals surface area contributed by atoms with E-state index in [2.05, 4.69) is 15.5 Å². The second-order valence-electron chi connectivity index (χ2n) is 7.50. The molecule has 1 aromatic heterocycles. The average Bonchev–Trinajstić information content (AvgIpc) is 3.33. The zero-order chi connectivity index (χ0) is 20.5. The van der Waals surface area contributed by atoms with Gasteiger partial charge in [0.15, 0.2) is 5.82 Å². The fraction of sp³-hybridized carbons (Fsp3) is 0.318. The van der Waals surface area contributed by atoms with Crippen molar-refractivity contribution >= 4 is 17.4 Å². The summed E-state index contributed by atoms with van der Waals surface area (Å²) in [6.07, 6.45) is 0.619. The molecule has 7 nitrogen and oxygen atoms in total. The number of methoxy groups -OCH3 is 1. The van der Waals surface area contributed by atoms with Gasteiger partial charge in [-0.1, -0.05) is 43.3 Å². The number of hydrogen-bond acceptors (Lipinski definition) is 5. The van der Waals surface area contributed by atoms with E-state index in [9.17, 15) is 4.79 Å². The molecular formula is C22H24N4O3. The first-order chi connectivity index (χ1) is 14.0. The third kappa shape index (κ3) is 3.55. The molecule has 0 aliphatic carbocycles. The Balaban J connectivity index is 1.69. The second-order valence-corrected chi connectivity index (χ2v) is 7.50. The summed E-state index contributed by atoms with van der Waals surface area (Å²) in [5.41, 5.74) is 3.55. The number of carbonyl (C=O) groups excluding carboxylic acids is 1. The Morgan fingerprint density at radius 2 is 2.07 bits per heavy atom. The standard InChI is InChI=1S/C22H24N4O3/c1-13(2)20-24-21(29-25-20)18-12-15-7-5-6-8-17(15)26(18)22(27)23-16-11-14(3)9-10-19(16)28-4/h5-11,13,18H,12H2,1-4H3,(H,23,27). The summed E-state index contributed by atoms with van der Waals surface area (Å²) in [5, 5.41) is 7.06. The summed E-state index contributed by atoms with van der Waals surface area (Å²) in [7, 11) is 1.58. The summed E-state index contributed by atoms with van der Waals surface area (Å²) in [6.45, 7) is 5.98. The van der Waals surface area contributed by atoms with Gasteiger partial charge in [-0.25, -0.2) is 4.79 Å². The molecule has 2 amide bonds. The van der Waals surface area contributed by atoms with Crippen molar-refractivity contribution in [2.75, 3.05) is 17.3 Å². The quantitative estimate of drug-likeness (QED) is 0.687. The fourth-order valence-electron chi connectivity index (χ4n) is 3.55. The van der Waals surface area contributed by atoms with Crippen LogP contribution in [0.3, 0.4) is 0 Å². The molecule has 7 heteroatoms. The minimum Gasteiger partial charge on any atom is -0.495 e. The van der Waals surface area contributed by atoms with E-state index in [1.54, 1.807) is 12.0 Å². The molecule has 0 saturated heterocycles. The lowest BCUT2D eigenvalue weighted by molar-refractivity contribution is 0.252. The van der Waals surface area contributed by atoms with E-state index in [1.807, 2.05) is 63.2 Å². The van der Waals surface area contributed by atoms with Crippen molar-refractivity contribution in [2.45, 2.75) is 39.2 Å². The summed E-state index contributed by atoms with van der Waals surface area (Å²) in [6, 6.07) is 12.9. The highest BCUT2D eigenvalue weighted by Crippen LogP contribution is 2.40.